The highest BCUT2D eigenvalue weighted by molar-refractivity contribution is 7.88. The number of hydrogen-bond acceptors (Lipinski definition) is 6. The van der Waals surface area contributed by atoms with Crippen molar-refractivity contribution in [2.24, 2.45) is 5.14 Å². The number of nitrogens with zero attached hydrogens (tertiary/aromatic N) is 1. The summed E-state index contributed by atoms with van der Waals surface area (Å²) in [5.74, 6) is -0.360. The molecule has 1 saturated heterocycles. The first-order chi connectivity index (χ1) is 21.3. The number of methoxy groups -OCH3 is 1. The van der Waals surface area contributed by atoms with Crippen LogP contribution in [0.5, 0.6) is 5.75 Å². The number of sulfonamides is 1. The fourth-order valence-electron chi connectivity index (χ4n) is 5.52. The second kappa shape index (κ2) is 12.9. The molecule has 0 saturated carbocycles. The van der Waals surface area contributed by atoms with Crippen molar-refractivity contribution in [1.29, 1.82) is 0 Å². The van der Waals surface area contributed by atoms with Crippen molar-refractivity contribution in [1.82, 2.24) is 4.90 Å². The average molecular weight is 631 g/mol. The molecule has 0 radical (unpaired) electrons. The molecule has 0 aromatic heterocycles. The lowest BCUT2D eigenvalue weighted by atomic mass is 9.85. The van der Waals surface area contributed by atoms with Crippen LogP contribution in [0.4, 0.5) is 16.2 Å². The minimum Gasteiger partial charge on any atom is -0.494 e. The third kappa shape index (κ3) is 7.44. The summed E-state index contributed by atoms with van der Waals surface area (Å²) in [4.78, 5) is 29.0. The van der Waals surface area contributed by atoms with Crippen molar-refractivity contribution in [3.05, 3.63) is 101 Å². The second-order valence-corrected chi connectivity index (χ2v) is 13.7. The Morgan fingerprint density at radius 3 is 2.29 bits per heavy atom. The number of amides is 3. The number of benzene rings is 4. The number of urea groups is 1. The van der Waals surface area contributed by atoms with Gasteiger partial charge in [-0.1, -0.05) is 81.4 Å². The van der Waals surface area contributed by atoms with Gasteiger partial charge in [0.15, 0.2) is 0 Å². The van der Waals surface area contributed by atoms with E-state index >= 15 is 0 Å². The number of nitrogens with two attached hydrogens (primary N) is 1. The highest BCUT2D eigenvalue weighted by atomic mass is 32.2. The van der Waals surface area contributed by atoms with E-state index in [0.717, 1.165) is 11.1 Å². The molecule has 1 aliphatic heterocycles. The Kier molecular flexibility index (Phi) is 9.15. The van der Waals surface area contributed by atoms with Gasteiger partial charge in [0, 0.05) is 23.1 Å². The molecule has 1 unspecified atom stereocenters. The Morgan fingerprint density at radius 2 is 1.62 bits per heavy atom. The van der Waals surface area contributed by atoms with Crippen molar-refractivity contribution < 1.29 is 27.5 Å². The second-order valence-electron chi connectivity index (χ2n) is 12.1. The molecule has 0 spiro atoms. The maximum atomic E-state index is 13.8. The SMILES string of the molecule is COc1c(CS(N)(=O)=O)cc(C(C)(C)C)cc1NC(=O)Nc1ccc(C(=O)N2CCOC(c3ccccc3)C2)c2ccccc12. The predicted octanol–water partition coefficient (Wildman–Crippen LogP) is 5.79. The first-order valence-electron chi connectivity index (χ1n) is 14.6. The lowest BCUT2D eigenvalue weighted by Crippen LogP contribution is -2.42. The first kappa shape index (κ1) is 32.0. The van der Waals surface area contributed by atoms with Crippen molar-refractivity contribution in [2.75, 3.05) is 37.4 Å². The predicted molar refractivity (Wildman–Crippen MR) is 176 cm³/mol. The molecule has 11 heteroatoms. The lowest BCUT2D eigenvalue weighted by molar-refractivity contribution is -0.0227. The Hall–Kier alpha value is -4.45. The molecule has 45 heavy (non-hydrogen) atoms. The Balaban J connectivity index is 1.41. The van der Waals surface area contributed by atoms with E-state index in [-0.39, 0.29) is 23.2 Å². The van der Waals surface area contributed by atoms with Gasteiger partial charge in [0.25, 0.3) is 5.91 Å². The fraction of sp³-hybridized carbons (Fsp3) is 0.294. The summed E-state index contributed by atoms with van der Waals surface area (Å²) in [7, 11) is -2.47. The van der Waals surface area contributed by atoms with E-state index < -0.39 is 21.8 Å². The molecule has 10 nitrogen and oxygen atoms in total. The van der Waals surface area contributed by atoms with Gasteiger partial charge in [-0.05, 0) is 40.1 Å². The van der Waals surface area contributed by atoms with E-state index in [9.17, 15) is 18.0 Å². The molecule has 0 bridgehead atoms. The highest BCUT2D eigenvalue weighted by Gasteiger charge is 2.28. The molecule has 4 aromatic carbocycles. The maximum Gasteiger partial charge on any atom is 0.323 e. The quantitative estimate of drug-likeness (QED) is 0.236. The average Bonchev–Trinajstić information content (AvgIpc) is 3.00. The molecule has 5 rings (SSSR count). The number of hydrogen-bond donors (Lipinski definition) is 3. The number of anilines is 2. The van der Waals surface area contributed by atoms with Gasteiger partial charge in [0.05, 0.1) is 37.4 Å². The van der Waals surface area contributed by atoms with Gasteiger partial charge in [-0.3, -0.25) is 4.79 Å². The largest absolute Gasteiger partial charge is 0.494 e. The van der Waals surface area contributed by atoms with Crippen molar-refractivity contribution in [3.8, 4) is 5.75 Å². The zero-order chi connectivity index (χ0) is 32.4. The topological polar surface area (TPSA) is 140 Å². The molecule has 236 valence electrons. The molecule has 4 aromatic rings. The lowest BCUT2D eigenvalue weighted by Gasteiger charge is -2.33. The van der Waals surface area contributed by atoms with Gasteiger partial charge in [0.1, 0.15) is 11.9 Å². The number of rotatable bonds is 7. The highest BCUT2D eigenvalue weighted by Crippen LogP contribution is 2.37. The summed E-state index contributed by atoms with van der Waals surface area (Å²) in [5, 5.41) is 12.5. The Morgan fingerprint density at radius 1 is 0.956 bits per heavy atom. The summed E-state index contributed by atoms with van der Waals surface area (Å²) in [6.45, 7) is 7.28. The maximum absolute atomic E-state index is 13.8. The monoisotopic (exact) mass is 630 g/mol. The number of primary sulfonamides is 1. The number of fused-ring (bicyclic) bond motifs is 1. The van der Waals surface area contributed by atoms with E-state index in [1.807, 2.05) is 75.4 Å². The standard InChI is InChI=1S/C34H38N4O6S/c1-34(2,3)24-18-23(21-45(35,41)42)31(43-4)29(19-24)37-33(40)36-28-15-14-27(25-12-8-9-13-26(25)28)32(39)38-16-17-44-30(20-38)22-10-6-5-7-11-22/h5-15,18-19,30H,16-17,20-21H2,1-4H3,(H2,35,41,42)(H2,36,37,40). The zero-order valence-corrected chi connectivity index (χ0v) is 26.6. The van der Waals surface area contributed by atoms with Crippen molar-refractivity contribution >= 4 is 44.1 Å². The fourth-order valence-corrected chi connectivity index (χ4v) is 6.17. The van der Waals surface area contributed by atoms with Crippen LogP contribution in [0.1, 0.15) is 53.9 Å². The van der Waals surface area contributed by atoms with Crippen LogP contribution in [0.25, 0.3) is 10.8 Å². The molecule has 1 fully saturated rings. The van der Waals surface area contributed by atoms with Crippen LogP contribution in [0.3, 0.4) is 0 Å². The van der Waals surface area contributed by atoms with Crippen molar-refractivity contribution in [2.45, 2.75) is 38.0 Å². The summed E-state index contributed by atoms with van der Waals surface area (Å²) < 4.78 is 35.4. The van der Waals surface area contributed by atoms with E-state index in [1.54, 1.807) is 29.2 Å². The van der Waals surface area contributed by atoms with Crippen LogP contribution < -0.4 is 20.5 Å². The Labute approximate surface area is 263 Å². The number of ether oxygens (including phenoxy) is 2. The van der Waals surface area contributed by atoms with Gasteiger partial charge in [-0.2, -0.15) is 0 Å². The van der Waals surface area contributed by atoms with Crippen LogP contribution >= 0.6 is 0 Å². The molecule has 3 amide bonds. The number of carbonyl (C=O) groups is 2. The minimum atomic E-state index is -3.87. The molecule has 1 heterocycles. The van der Waals surface area contributed by atoms with Gasteiger partial charge in [-0.25, -0.2) is 18.4 Å². The van der Waals surface area contributed by atoms with Crippen LogP contribution in [0.15, 0.2) is 78.9 Å². The summed E-state index contributed by atoms with van der Waals surface area (Å²) >= 11 is 0. The van der Waals surface area contributed by atoms with Gasteiger partial charge in [-0.15, -0.1) is 0 Å². The van der Waals surface area contributed by atoms with Gasteiger partial charge in [0.2, 0.25) is 10.0 Å². The van der Waals surface area contributed by atoms with E-state index in [1.165, 1.54) is 7.11 Å². The molecule has 1 atom stereocenters. The summed E-state index contributed by atoms with van der Waals surface area (Å²) in [6, 6.07) is 23.6. The first-order valence-corrected chi connectivity index (χ1v) is 16.3. The number of carbonyl (C=O) groups excluding carboxylic acids is 2. The van der Waals surface area contributed by atoms with Crippen LogP contribution in [-0.2, 0) is 25.9 Å². The molecule has 4 N–H and O–H groups in total. The molecule has 0 aliphatic carbocycles. The normalized spacial score (nSPS) is 15.5. The molecular formula is C34H38N4O6S. The van der Waals surface area contributed by atoms with Gasteiger partial charge >= 0.3 is 6.03 Å². The third-order valence-electron chi connectivity index (χ3n) is 7.77. The number of nitrogens with one attached hydrogen (secondary N) is 2. The van der Waals surface area contributed by atoms with E-state index in [2.05, 4.69) is 10.6 Å². The van der Waals surface area contributed by atoms with E-state index in [4.69, 9.17) is 14.6 Å². The Bertz CT molecular complexity index is 1840. The van der Waals surface area contributed by atoms with Crippen LogP contribution in [-0.4, -0.2) is 52.1 Å². The third-order valence-corrected chi connectivity index (χ3v) is 8.48. The van der Waals surface area contributed by atoms with Crippen LogP contribution in [0.2, 0.25) is 0 Å². The molecular weight excluding hydrogens is 592 g/mol. The van der Waals surface area contributed by atoms with Crippen LogP contribution in [0, 0.1) is 0 Å². The molecule has 1 aliphatic rings. The summed E-state index contributed by atoms with van der Waals surface area (Å²) in [5.41, 5.74) is 3.13. The summed E-state index contributed by atoms with van der Waals surface area (Å²) in [6.07, 6.45) is -0.209. The van der Waals surface area contributed by atoms with Crippen molar-refractivity contribution in [3.63, 3.8) is 0 Å². The number of morpholine rings is 1. The smallest absolute Gasteiger partial charge is 0.323 e. The minimum absolute atomic E-state index is 0.113. The zero-order valence-electron chi connectivity index (χ0n) is 25.8. The van der Waals surface area contributed by atoms with Gasteiger partial charge < -0.3 is 25.0 Å². The van der Waals surface area contributed by atoms with E-state index in [0.29, 0.717) is 53.0 Å².